The number of fused-ring (bicyclic) bond motifs is 4. The first kappa shape index (κ1) is 40.4. The Kier molecular flexibility index (Phi) is 14.8. The van der Waals surface area contributed by atoms with Crippen LogP contribution >= 0.6 is 24.8 Å². The summed E-state index contributed by atoms with van der Waals surface area (Å²) < 4.78 is 5.56. The van der Waals surface area contributed by atoms with E-state index in [-0.39, 0.29) is 39.7 Å². The van der Waals surface area contributed by atoms with Crippen molar-refractivity contribution in [2.75, 3.05) is 0 Å². The largest absolute Gasteiger partial charge is 0.499 e. The van der Waals surface area contributed by atoms with Gasteiger partial charge in [0, 0.05) is 0 Å². The second-order valence-electron chi connectivity index (χ2n) is 11.4. The summed E-state index contributed by atoms with van der Waals surface area (Å²) in [7, 11) is 0. The number of hydrogen-bond acceptors (Lipinski definition) is 1. The zero-order chi connectivity index (χ0) is 31.5. The molecule has 0 saturated heterocycles. The number of furan rings is 1. The van der Waals surface area contributed by atoms with Crippen molar-refractivity contribution in [2.24, 2.45) is 0 Å². The van der Waals surface area contributed by atoms with Crippen LogP contribution in [0.4, 0.5) is 0 Å². The predicted octanol–water partition coefficient (Wildman–Crippen LogP) is 13.7. The maximum Gasteiger partial charge on any atom is 0.0796 e. The molecule has 0 N–H and O–H groups in total. The maximum absolute atomic E-state index is 5.56. The fourth-order valence-electron chi connectivity index (χ4n) is 6.59. The van der Waals surface area contributed by atoms with Crippen LogP contribution < -0.4 is 0 Å². The first-order chi connectivity index (χ1) is 22.7. The molecular weight excluding hydrogens is 747 g/mol. The summed E-state index contributed by atoms with van der Waals surface area (Å²) in [5.41, 5.74) is 7.64. The molecule has 0 aliphatic heterocycles. The first-order valence-corrected chi connectivity index (χ1v) is 19.5. The molecule has 0 atom stereocenters. The molecule has 0 bridgehead atoms. The second-order valence-corrected chi connectivity index (χ2v) is 11.4. The Hall–Kier alpha value is -3.98. The van der Waals surface area contributed by atoms with Crippen LogP contribution in [0.5, 0.6) is 0 Å². The van der Waals surface area contributed by atoms with E-state index in [9.17, 15) is 0 Å². The molecule has 1 aromatic heterocycles. The molecule has 0 spiro atoms. The normalized spacial score (nSPS) is 10.0. The third-order valence-electron chi connectivity index (χ3n) is 8.61. The van der Waals surface area contributed by atoms with Crippen molar-refractivity contribution in [1.82, 2.24) is 0 Å². The van der Waals surface area contributed by atoms with Gasteiger partial charge in [0.25, 0.3) is 0 Å². The molecule has 50 heavy (non-hydrogen) atoms. The van der Waals surface area contributed by atoms with Crippen molar-refractivity contribution in [3.63, 3.8) is 0 Å². The Labute approximate surface area is 325 Å². The summed E-state index contributed by atoms with van der Waals surface area (Å²) in [6.07, 6.45) is 1.72. The second kappa shape index (κ2) is 18.3. The summed E-state index contributed by atoms with van der Waals surface area (Å²) >= 11 is 1.36. The molecule has 2 radical (unpaired) electrons. The van der Waals surface area contributed by atoms with Crippen molar-refractivity contribution < 1.29 is 27.8 Å². The van der Waals surface area contributed by atoms with E-state index in [4.69, 9.17) is 4.42 Å². The third-order valence-corrected chi connectivity index (χ3v) is 8.61. The van der Waals surface area contributed by atoms with Gasteiger partial charge in [0.1, 0.15) is 0 Å². The van der Waals surface area contributed by atoms with Crippen molar-refractivity contribution >= 4 is 74.8 Å². The van der Waals surface area contributed by atoms with Crippen LogP contribution in [0.15, 0.2) is 168 Å². The van der Waals surface area contributed by atoms with E-state index in [2.05, 4.69) is 159 Å². The van der Waals surface area contributed by atoms with Gasteiger partial charge < -0.3 is 19.3 Å². The van der Waals surface area contributed by atoms with Gasteiger partial charge in [-0.2, -0.15) is 6.07 Å². The van der Waals surface area contributed by atoms with Crippen molar-refractivity contribution in [3.05, 3.63) is 184 Å². The van der Waals surface area contributed by atoms with Crippen LogP contribution in [0.25, 0.3) is 76.7 Å². The molecule has 0 unspecified atom stereocenters. The summed E-state index contributed by atoms with van der Waals surface area (Å²) in [5, 5.41) is 10.4. The number of halogens is 2. The number of aryl methyl sites for hydroxylation is 1. The molecule has 9 rings (SSSR count). The molecule has 9 aromatic rings. The molecule has 1 heterocycles. The summed E-state index contributed by atoms with van der Waals surface area (Å²) in [6.45, 7) is 5.22. The molecule has 1 nitrogen and oxygen atoms in total. The predicted molar refractivity (Wildman–Crippen MR) is 220 cm³/mol. The van der Waals surface area contributed by atoms with E-state index in [1.54, 1.807) is 6.26 Å². The Morgan fingerprint density at radius 2 is 0.920 bits per heavy atom. The van der Waals surface area contributed by atoms with E-state index in [1.807, 2.05) is 12.1 Å². The van der Waals surface area contributed by atoms with E-state index >= 15 is 0 Å². The minimum Gasteiger partial charge on any atom is -0.499 e. The number of benzene rings is 6. The molecule has 0 fully saturated rings. The van der Waals surface area contributed by atoms with Crippen LogP contribution in [-0.2, 0) is 23.3 Å². The van der Waals surface area contributed by atoms with Gasteiger partial charge in [-0.25, -0.2) is 0 Å². The maximum atomic E-state index is 5.56. The minimum atomic E-state index is 0. The van der Waals surface area contributed by atoms with Gasteiger partial charge in [0.2, 0.25) is 0 Å². The standard InChI is InChI=1S/C23H15O.C20H15.2CH3.2ClH.Si.Zr/c1-2-9-19-16(6-1)7-3-10-20(19)21-11-4-8-17-14-18(15-22(17)21)23-12-5-13-24-23;1-14-12-16-8-5-11-19(20(16)13-14)18-10-4-7-15-6-2-3-9-17(15)18;;;;;;/h1-15H;2-13H,1H3;2*1H3;2*1H;;/q4*-1;;;;. The summed E-state index contributed by atoms with van der Waals surface area (Å²) in [4.78, 5) is 0. The van der Waals surface area contributed by atoms with Crippen molar-refractivity contribution in [3.8, 4) is 33.6 Å². The molecule has 8 aromatic carbocycles. The SMILES string of the molecule is Cc1cc2c(-c3cccc4ccccc34)cccc2[cH-]1.Cl.Cl.[CH3-].[CH3-].[Si]=[Zr].c1coc(-c2cc3c(-c4cccc5ccccc45)cccc3[cH-]2)c1. The molecule has 0 amide bonds. The minimum absolute atomic E-state index is 0. The molecule has 0 aliphatic rings. The zero-order valence-corrected chi connectivity index (χ0v) is 33.4. The van der Waals surface area contributed by atoms with E-state index < -0.39 is 0 Å². The van der Waals surface area contributed by atoms with Crippen LogP contribution in [0.2, 0.25) is 0 Å². The molecule has 0 saturated carbocycles. The fourth-order valence-corrected chi connectivity index (χ4v) is 6.59. The topological polar surface area (TPSA) is 13.1 Å². The average molecular weight is 785 g/mol. The van der Waals surface area contributed by atoms with Crippen molar-refractivity contribution in [1.29, 1.82) is 0 Å². The molecule has 250 valence electrons. The van der Waals surface area contributed by atoms with E-state index in [0.717, 1.165) is 11.3 Å². The quantitative estimate of drug-likeness (QED) is 0.128. The third kappa shape index (κ3) is 7.98. The Morgan fingerprint density at radius 3 is 1.44 bits per heavy atom. The Bertz CT molecular complexity index is 2430. The van der Waals surface area contributed by atoms with Crippen LogP contribution in [0.3, 0.4) is 0 Å². The van der Waals surface area contributed by atoms with E-state index in [1.165, 1.54) is 94.2 Å². The van der Waals surface area contributed by atoms with E-state index in [0.29, 0.717) is 0 Å². The van der Waals surface area contributed by atoms with Crippen LogP contribution in [0, 0.1) is 21.8 Å². The van der Waals surface area contributed by atoms with Gasteiger partial charge in [0.15, 0.2) is 0 Å². The molecular formula is C45H38Cl2OSiZr-4. The van der Waals surface area contributed by atoms with Crippen LogP contribution in [-0.4, -0.2) is 6.88 Å². The van der Waals surface area contributed by atoms with Gasteiger partial charge in [-0.3, -0.25) is 0 Å². The van der Waals surface area contributed by atoms with Gasteiger partial charge in [0.05, 0.1) is 12.0 Å². The Balaban J connectivity index is 0.000000242. The molecule has 5 heteroatoms. The summed E-state index contributed by atoms with van der Waals surface area (Å²) in [5.74, 6) is 0.912. The number of hydrogen-bond donors (Lipinski definition) is 0. The van der Waals surface area contributed by atoms with Crippen molar-refractivity contribution in [2.45, 2.75) is 6.92 Å². The zero-order valence-electron chi connectivity index (χ0n) is 28.3. The molecule has 0 aliphatic carbocycles. The monoisotopic (exact) mass is 782 g/mol. The van der Waals surface area contributed by atoms with Gasteiger partial charge >= 0.3 is 30.2 Å². The summed E-state index contributed by atoms with van der Waals surface area (Å²) in [6, 6.07) is 56.2. The number of rotatable bonds is 3. The van der Waals surface area contributed by atoms with Crippen LogP contribution in [0.1, 0.15) is 5.56 Å². The fraction of sp³-hybridized carbons (Fsp3) is 0.0222. The average Bonchev–Trinajstić information content (AvgIpc) is 3.88. The van der Waals surface area contributed by atoms with Gasteiger partial charge in [-0.1, -0.05) is 133 Å². The Morgan fingerprint density at radius 1 is 0.480 bits per heavy atom. The first-order valence-electron chi connectivity index (χ1n) is 15.3. The smallest absolute Gasteiger partial charge is 0.0796 e. The van der Waals surface area contributed by atoms with Gasteiger partial charge in [-0.05, 0) is 38.7 Å². The van der Waals surface area contributed by atoms with Gasteiger partial charge in [-0.15, -0.1) is 88.3 Å².